The van der Waals surface area contributed by atoms with Crippen molar-refractivity contribution < 1.29 is 22.7 Å². The smallest absolute Gasteiger partial charge is 0.262 e. The van der Waals surface area contributed by atoms with E-state index in [1.165, 1.54) is 22.5 Å². The molecule has 1 N–H and O–H groups in total. The van der Waals surface area contributed by atoms with Gasteiger partial charge in [0, 0.05) is 18.8 Å². The molecule has 0 unspecified atom stereocenters. The molecular weight excluding hydrogens is 416 g/mol. The fourth-order valence-corrected chi connectivity index (χ4v) is 4.82. The van der Waals surface area contributed by atoms with Crippen LogP contribution in [0.1, 0.15) is 19.8 Å². The van der Waals surface area contributed by atoms with Crippen molar-refractivity contribution in [1.29, 1.82) is 0 Å². The van der Waals surface area contributed by atoms with Gasteiger partial charge < -0.3 is 14.8 Å². The molecule has 2 aromatic carbocycles. The molecule has 2 aromatic rings. The van der Waals surface area contributed by atoms with Crippen molar-refractivity contribution in [3.63, 3.8) is 0 Å². The molecule has 0 atom stereocenters. The number of carbonyl (C=O) groups excluding carboxylic acids is 1. The molecule has 1 aliphatic rings. The van der Waals surface area contributed by atoms with Gasteiger partial charge in [-0.1, -0.05) is 11.6 Å². The van der Waals surface area contributed by atoms with Crippen molar-refractivity contribution in [2.45, 2.75) is 24.7 Å². The van der Waals surface area contributed by atoms with E-state index in [9.17, 15) is 13.2 Å². The molecule has 1 aliphatic heterocycles. The first kappa shape index (κ1) is 21.4. The molecule has 1 amide bonds. The average molecular weight is 439 g/mol. The van der Waals surface area contributed by atoms with Gasteiger partial charge in [-0.15, -0.1) is 0 Å². The predicted molar refractivity (Wildman–Crippen MR) is 111 cm³/mol. The van der Waals surface area contributed by atoms with Crippen molar-refractivity contribution in [2.24, 2.45) is 0 Å². The van der Waals surface area contributed by atoms with Crippen LogP contribution in [0.15, 0.2) is 47.4 Å². The highest BCUT2D eigenvalue weighted by atomic mass is 35.5. The van der Waals surface area contributed by atoms with Crippen LogP contribution in [0.25, 0.3) is 0 Å². The summed E-state index contributed by atoms with van der Waals surface area (Å²) < 4.78 is 37.4. The van der Waals surface area contributed by atoms with Gasteiger partial charge in [-0.3, -0.25) is 4.79 Å². The Morgan fingerprint density at radius 1 is 1.10 bits per heavy atom. The van der Waals surface area contributed by atoms with Crippen LogP contribution in [0.5, 0.6) is 11.5 Å². The van der Waals surface area contributed by atoms with Gasteiger partial charge in [0.15, 0.2) is 6.61 Å². The molecule has 9 heteroatoms. The van der Waals surface area contributed by atoms with Crippen LogP contribution in [0.2, 0.25) is 5.02 Å². The van der Waals surface area contributed by atoms with Crippen LogP contribution in [0.3, 0.4) is 0 Å². The number of amides is 1. The molecule has 1 fully saturated rings. The third kappa shape index (κ3) is 5.41. The number of nitrogens with zero attached hydrogens (tertiary/aromatic N) is 1. The zero-order valence-electron chi connectivity index (χ0n) is 16.1. The fraction of sp³-hybridized carbons (Fsp3) is 0.350. The normalized spacial score (nSPS) is 14.6. The van der Waals surface area contributed by atoms with Crippen LogP contribution in [-0.2, 0) is 14.8 Å². The summed E-state index contributed by atoms with van der Waals surface area (Å²) in [5.41, 5.74) is 0.611. The van der Waals surface area contributed by atoms with E-state index < -0.39 is 10.0 Å². The highest BCUT2D eigenvalue weighted by Crippen LogP contribution is 2.30. The summed E-state index contributed by atoms with van der Waals surface area (Å²) in [5, 5.41) is 2.85. The van der Waals surface area contributed by atoms with Crippen LogP contribution in [-0.4, -0.2) is 44.9 Å². The Bertz CT molecular complexity index is 957. The molecular formula is C20H23ClN2O5S. The van der Waals surface area contributed by atoms with Crippen LogP contribution in [0.4, 0.5) is 5.69 Å². The Hall–Kier alpha value is -2.29. The van der Waals surface area contributed by atoms with Gasteiger partial charge in [-0.25, -0.2) is 8.42 Å². The van der Waals surface area contributed by atoms with Crippen LogP contribution < -0.4 is 14.8 Å². The Morgan fingerprint density at radius 3 is 2.41 bits per heavy atom. The average Bonchev–Trinajstić information content (AvgIpc) is 3.24. The van der Waals surface area contributed by atoms with E-state index in [-0.39, 0.29) is 28.2 Å². The van der Waals surface area contributed by atoms with Crippen molar-refractivity contribution in [1.82, 2.24) is 4.31 Å². The molecule has 0 aliphatic carbocycles. The Balaban J connectivity index is 1.58. The van der Waals surface area contributed by atoms with Gasteiger partial charge in [0.2, 0.25) is 10.0 Å². The van der Waals surface area contributed by atoms with Gasteiger partial charge in [0.1, 0.15) is 11.5 Å². The Morgan fingerprint density at radius 2 is 1.79 bits per heavy atom. The number of anilines is 1. The molecule has 3 rings (SSSR count). The molecule has 0 spiro atoms. The number of benzene rings is 2. The van der Waals surface area contributed by atoms with Crippen LogP contribution in [0, 0.1) is 0 Å². The zero-order chi connectivity index (χ0) is 20.9. The maximum Gasteiger partial charge on any atom is 0.262 e. The fourth-order valence-electron chi connectivity index (χ4n) is 2.98. The maximum atomic E-state index is 12.6. The first-order valence-electron chi connectivity index (χ1n) is 9.35. The lowest BCUT2D eigenvalue weighted by Crippen LogP contribution is -2.27. The largest absolute Gasteiger partial charge is 0.494 e. The minimum absolute atomic E-state index is 0.121. The van der Waals surface area contributed by atoms with E-state index in [1.54, 1.807) is 24.3 Å². The summed E-state index contributed by atoms with van der Waals surface area (Å²) in [6, 6.07) is 11.2. The molecule has 29 heavy (non-hydrogen) atoms. The molecule has 0 bridgehead atoms. The number of ether oxygens (including phenoxy) is 2. The second-order valence-corrected chi connectivity index (χ2v) is 8.84. The van der Waals surface area contributed by atoms with Gasteiger partial charge in [-0.2, -0.15) is 4.31 Å². The lowest BCUT2D eigenvalue weighted by atomic mass is 10.3. The van der Waals surface area contributed by atoms with E-state index in [1.807, 2.05) is 6.92 Å². The summed E-state index contributed by atoms with van der Waals surface area (Å²) in [4.78, 5) is 12.2. The third-order valence-electron chi connectivity index (χ3n) is 4.41. The monoisotopic (exact) mass is 438 g/mol. The lowest BCUT2D eigenvalue weighted by molar-refractivity contribution is -0.118. The van der Waals surface area contributed by atoms with Crippen LogP contribution >= 0.6 is 11.6 Å². The van der Waals surface area contributed by atoms with Gasteiger partial charge >= 0.3 is 0 Å². The first-order valence-corrected chi connectivity index (χ1v) is 11.2. The number of sulfonamides is 1. The van der Waals surface area contributed by atoms with E-state index in [0.29, 0.717) is 25.4 Å². The topological polar surface area (TPSA) is 84.9 Å². The summed E-state index contributed by atoms with van der Waals surface area (Å²) in [6.45, 7) is 3.24. The summed E-state index contributed by atoms with van der Waals surface area (Å²) in [5.74, 6) is 0.602. The minimum atomic E-state index is -3.55. The van der Waals surface area contributed by atoms with Crippen molar-refractivity contribution in [3.05, 3.63) is 47.5 Å². The number of nitrogens with one attached hydrogen (secondary N) is 1. The maximum absolute atomic E-state index is 12.6. The molecule has 0 radical (unpaired) electrons. The van der Waals surface area contributed by atoms with Crippen molar-refractivity contribution in [2.75, 3.05) is 31.6 Å². The third-order valence-corrected chi connectivity index (χ3v) is 6.60. The molecule has 1 saturated heterocycles. The van der Waals surface area contributed by atoms with E-state index in [0.717, 1.165) is 18.6 Å². The molecule has 0 aromatic heterocycles. The quantitative estimate of drug-likeness (QED) is 0.681. The highest BCUT2D eigenvalue weighted by Gasteiger charge is 2.27. The zero-order valence-corrected chi connectivity index (χ0v) is 17.6. The number of rotatable bonds is 8. The summed E-state index contributed by atoms with van der Waals surface area (Å²) in [7, 11) is -3.55. The number of hydrogen-bond acceptors (Lipinski definition) is 5. The van der Waals surface area contributed by atoms with Gasteiger partial charge in [-0.05, 0) is 62.2 Å². The first-order chi connectivity index (χ1) is 13.9. The molecule has 156 valence electrons. The van der Waals surface area contributed by atoms with Gasteiger partial charge in [0.25, 0.3) is 5.91 Å². The number of halogens is 1. The second kappa shape index (κ2) is 9.47. The molecule has 7 nitrogen and oxygen atoms in total. The molecule has 0 saturated carbocycles. The number of hydrogen-bond donors (Lipinski definition) is 1. The summed E-state index contributed by atoms with van der Waals surface area (Å²) in [6.07, 6.45) is 1.72. The Kier molecular flexibility index (Phi) is 7.00. The predicted octanol–water partition coefficient (Wildman–Crippen LogP) is 3.54. The highest BCUT2D eigenvalue weighted by molar-refractivity contribution is 7.89. The van der Waals surface area contributed by atoms with Crippen molar-refractivity contribution >= 4 is 33.2 Å². The lowest BCUT2D eigenvalue weighted by Gasteiger charge is -2.16. The minimum Gasteiger partial charge on any atom is -0.494 e. The SMILES string of the molecule is CCOc1ccc(NC(=O)COc2ccc(S(=O)(=O)N3CCCC3)cc2Cl)cc1. The van der Waals surface area contributed by atoms with Gasteiger partial charge in [0.05, 0.1) is 16.5 Å². The van der Waals surface area contributed by atoms with E-state index in [2.05, 4.69) is 5.32 Å². The van der Waals surface area contributed by atoms with Crippen molar-refractivity contribution in [3.8, 4) is 11.5 Å². The second-order valence-electron chi connectivity index (χ2n) is 6.50. The molecule has 1 heterocycles. The van der Waals surface area contributed by atoms with E-state index >= 15 is 0 Å². The standard InChI is InChI=1S/C20H23ClN2O5S/c1-2-27-16-7-5-15(6-8-16)22-20(24)14-28-19-10-9-17(13-18(19)21)29(25,26)23-11-3-4-12-23/h5-10,13H,2-4,11-12,14H2,1H3,(H,22,24). The summed E-state index contributed by atoms with van der Waals surface area (Å²) >= 11 is 6.18. The Labute approximate surface area is 175 Å². The van der Waals surface area contributed by atoms with E-state index in [4.69, 9.17) is 21.1 Å². The number of carbonyl (C=O) groups is 1.